The summed E-state index contributed by atoms with van der Waals surface area (Å²) in [6.45, 7) is 3.46. The zero-order chi connectivity index (χ0) is 23.1. The fraction of sp³-hybridized carbons (Fsp3) is 0.208. The van der Waals surface area contributed by atoms with Crippen LogP contribution in [0.15, 0.2) is 77.7 Å². The van der Waals surface area contributed by atoms with E-state index in [1.807, 2.05) is 30.3 Å². The molecule has 0 radical (unpaired) electrons. The van der Waals surface area contributed by atoms with Crippen LogP contribution >= 0.6 is 0 Å². The van der Waals surface area contributed by atoms with Crippen LogP contribution < -0.4 is 14.8 Å². The predicted molar refractivity (Wildman–Crippen MR) is 120 cm³/mol. The number of rotatable bonds is 9. The van der Waals surface area contributed by atoms with Gasteiger partial charge in [0.1, 0.15) is 11.6 Å². The number of carbonyl (C=O) groups is 1. The van der Waals surface area contributed by atoms with Gasteiger partial charge in [-0.15, -0.1) is 0 Å². The van der Waals surface area contributed by atoms with Gasteiger partial charge in [0, 0.05) is 6.54 Å². The Morgan fingerprint density at radius 3 is 2.38 bits per heavy atom. The third-order valence-corrected chi connectivity index (χ3v) is 6.27. The minimum Gasteiger partial charge on any atom is -0.484 e. The van der Waals surface area contributed by atoms with Crippen LogP contribution in [0.3, 0.4) is 0 Å². The van der Waals surface area contributed by atoms with E-state index in [-0.39, 0.29) is 35.8 Å². The van der Waals surface area contributed by atoms with Crippen molar-refractivity contribution >= 4 is 15.9 Å². The molecule has 0 aliphatic carbocycles. The largest absolute Gasteiger partial charge is 0.484 e. The van der Waals surface area contributed by atoms with Gasteiger partial charge in [-0.3, -0.25) is 4.79 Å². The van der Waals surface area contributed by atoms with Crippen molar-refractivity contribution in [2.45, 2.75) is 31.3 Å². The lowest BCUT2D eigenvalue weighted by atomic mass is 10.1. The first-order valence-corrected chi connectivity index (χ1v) is 11.5. The average Bonchev–Trinajstić information content (AvgIpc) is 2.78. The molecule has 2 N–H and O–H groups in total. The molecule has 0 bridgehead atoms. The number of hydrogen-bond acceptors (Lipinski definition) is 4. The molecule has 0 aromatic heterocycles. The van der Waals surface area contributed by atoms with E-state index in [0.29, 0.717) is 11.3 Å². The van der Waals surface area contributed by atoms with Crippen molar-refractivity contribution in [3.05, 3.63) is 95.3 Å². The Morgan fingerprint density at radius 1 is 1.03 bits per heavy atom. The summed E-state index contributed by atoms with van der Waals surface area (Å²) in [6.07, 6.45) is 0. The number of amides is 1. The zero-order valence-corrected chi connectivity index (χ0v) is 18.7. The Hall–Kier alpha value is -3.23. The molecule has 3 rings (SSSR count). The molecule has 0 aliphatic heterocycles. The minimum absolute atomic E-state index is 0.118. The van der Waals surface area contributed by atoms with Crippen molar-refractivity contribution in [2.75, 3.05) is 6.61 Å². The average molecular weight is 457 g/mol. The number of nitrogens with one attached hydrogen (secondary N) is 2. The fourth-order valence-electron chi connectivity index (χ4n) is 3.07. The smallest absolute Gasteiger partial charge is 0.258 e. The number of aryl methyl sites for hydroxylation is 1. The molecule has 6 nitrogen and oxygen atoms in total. The van der Waals surface area contributed by atoms with Crippen LogP contribution in [0.25, 0.3) is 0 Å². The highest BCUT2D eigenvalue weighted by Crippen LogP contribution is 2.22. The summed E-state index contributed by atoms with van der Waals surface area (Å²) >= 11 is 0. The third-order valence-electron chi connectivity index (χ3n) is 4.87. The third kappa shape index (κ3) is 6.38. The summed E-state index contributed by atoms with van der Waals surface area (Å²) in [5.41, 5.74) is 2.22. The molecule has 0 saturated carbocycles. The Labute approximate surface area is 187 Å². The van der Waals surface area contributed by atoms with E-state index >= 15 is 0 Å². The fourth-order valence-corrected chi connectivity index (χ4v) is 4.17. The molecule has 0 saturated heterocycles. The highest BCUT2D eigenvalue weighted by atomic mass is 32.2. The van der Waals surface area contributed by atoms with E-state index in [0.717, 1.165) is 11.1 Å². The second-order valence-electron chi connectivity index (χ2n) is 7.37. The molecule has 32 heavy (non-hydrogen) atoms. The van der Waals surface area contributed by atoms with Gasteiger partial charge in [-0.25, -0.2) is 17.5 Å². The molecule has 8 heteroatoms. The highest BCUT2D eigenvalue weighted by molar-refractivity contribution is 7.89. The Kier molecular flexibility index (Phi) is 7.61. The number of carbonyl (C=O) groups excluding carboxylic acids is 1. The van der Waals surface area contributed by atoms with Crippen molar-refractivity contribution in [3.63, 3.8) is 0 Å². The maximum absolute atomic E-state index is 13.0. The van der Waals surface area contributed by atoms with Crippen molar-refractivity contribution in [2.24, 2.45) is 0 Å². The number of halogens is 1. The SMILES string of the molecule is Cc1cc(S(=O)(=O)NCc2ccccc2)ccc1OCC(=O)NC(C)c1ccc(F)cc1. The van der Waals surface area contributed by atoms with Crippen LogP contribution in [0.5, 0.6) is 5.75 Å². The molecular formula is C24H25FN2O4S. The van der Waals surface area contributed by atoms with E-state index in [1.165, 1.54) is 30.3 Å². The number of sulfonamides is 1. The minimum atomic E-state index is -3.69. The molecule has 1 atom stereocenters. The summed E-state index contributed by atoms with van der Waals surface area (Å²) in [5, 5.41) is 2.78. The molecule has 3 aromatic carbocycles. The number of hydrogen-bond donors (Lipinski definition) is 2. The van der Waals surface area contributed by atoms with Crippen molar-refractivity contribution < 1.29 is 22.3 Å². The summed E-state index contributed by atoms with van der Waals surface area (Å²) in [6, 6.07) is 19.3. The van der Waals surface area contributed by atoms with E-state index in [2.05, 4.69) is 10.0 Å². The van der Waals surface area contributed by atoms with Gasteiger partial charge < -0.3 is 10.1 Å². The quantitative estimate of drug-likeness (QED) is 0.512. The highest BCUT2D eigenvalue weighted by Gasteiger charge is 2.16. The Bertz CT molecular complexity index is 1170. The molecule has 3 aromatic rings. The van der Waals surface area contributed by atoms with E-state index in [9.17, 15) is 17.6 Å². The Morgan fingerprint density at radius 2 is 1.72 bits per heavy atom. The predicted octanol–water partition coefficient (Wildman–Crippen LogP) is 3.87. The van der Waals surface area contributed by atoms with Crippen molar-refractivity contribution in [1.82, 2.24) is 10.0 Å². The van der Waals surface area contributed by atoms with Gasteiger partial charge >= 0.3 is 0 Å². The van der Waals surface area contributed by atoms with Gasteiger partial charge in [0.25, 0.3) is 5.91 Å². The number of ether oxygens (including phenoxy) is 1. The van der Waals surface area contributed by atoms with Crippen LogP contribution in [0.4, 0.5) is 4.39 Å². The van der Waals surface area contributed by atoms with Gasteiger partial charge in [-0.05, 0) is 60.9 Å². The maximum atomic E-state index is 13.0. The van der Waals surface area contributed by atoms with Gasteiger partial charge in [0.15, 0.2) is 6.61 Å². The summed E-state index contributed by atoms with van der Waals surface area (Å²) in [5.74, 6) is -0.272. The first kappa shape index (κ1) is 23.4. The van der Waals surface area contributed by atoms with Crippen LogP contribution in [-0.4, -0.2) is 20.9 Å². The van der Waals surface area contributed by atoms with E-state index < -0.39 is 10.0 Å². The summed E-state index contributed by atoms with van der Waals surface area (Å²) in [4.78, 5) is 12.3. The summed E-state index contributed by atoms with van der Waals surface area (Å²) < 4.78 is 46.3. The van der Waals surface area contributed by atoms with Crippen LogP contribution in [0.1, 0.15) is 29.7 Å². The lowest BCUT2D eigenvalue weighted by molar-refractivity contribution is -0.123. The second kappa shape index (κ2) is 10.4. The zero-order valence-electron chi connectivity index (χ0n) is 17.8. The molecule has 1 unspecified atom stereocenters. The van der Waals surface area contributed by atoms with Crippen LogP contribution in [0.2, 0.25) is 0 Å². The van der Waals surface area contributed by atoms with E-state index in [4.69, 9.17) is 4.74 Å². The van der Waals surface area contributed by atoms with Crippen LogP contribution in [-0.2, 0) is 21.4 Å². The Balaban J connectivity index is 1.56. The normalized spacial score (nSPS) is 12.2. The van der Waals surface area contributed by atoms with Crippen molar-refractivity contribution in [1.29, 1.82) is 0 Å². The van der Waals surface area contributed by atoms with Crippen molar-refractivity contribution in [3.8, 4) is 5.75 Å². The topological polar surface area (TPSA) is 84.5 Å². The van der Waals surface area contributed by atoms with E-state index in [1.54, 1.807) is 26.0 Å². The molecule has 0 heterocycles. The maximum Gasteiger partial charge on any atom is 0.258 e. The molecule has 168 valence electrons. The molecule has 0 spiro atoms. The lowest BCUT2D eigenvalue weighted by Gasteiger charge is -2.15. The van der Waals surface area contributed by atoms with Gasteiger partial charge in [0.05, 0.1) is 10.9 Å². The standard InChI is InChI=1S/C24H25FN2O4S/c1-17-14-22(32(29,30)26-15-19-6-4-3-5-7-19)12-13-23(17)31-16-24(28)27-18(2)20-8-10-21(25)11-9-20/h3-14,18,26H,15-16H2,1-2H3,(H,27,28). The first-order chi connectivity index (χ1) is 15.2. The summed E-state index contributed by atoms with van der Waals surface area (Å²) in [7, 11) is -3.69. The van der Waals surface area contributed by atoms with Gasteiger partial charge in [0.2, 0.25) is 10.0 Å². The van der Waals surface area contributed by atoms with Gasteiger partial charge in [-0.2, -0.15) is 0 Å². The number of benzene rings is 3. The van der Waals surface area contributed by atoms with Gasteiger partial charge in [-0.1, -0.05) is 42.5 Å². The molecule has 1 amide bonds. The lowest BCUT2D eigenvalue weighted by Crippen LogP contribution is -2.31. The monoisotopic (exact) mass is 456 g/mol. The van der Waals surface area contributed by atoms with Crippen LogP contribution in [0, 0.1) is 12.7 Å². The molecule has 0 fully saturated rings. The second-order valence-corrected chi connectivity index (χ2v) is 9.13. The first-order valence-electron chi connectivity index (χ1n) is 10.1. The molecular weight excluding hydrogens is 431 g/mol. The molecule has 0 aliphatic rings.